The lowest BCUT2D eigenvalue weighted by Gasteiger charge is -2.25. The third-order valence-corrected chi connectivity index (χ3v) is 5.98. The SMILES string of the molecule is COC(=O)CNC(=O)CCc1c(C)nc2cc(C3CCN(C(=O)C(C)(C)C)C3)nn2c1C. The van der Waals surface area contributed by atoms with Crippen molar-refractivity contribution in [2.75, 3.05) is 26.7 Å². The maximum atomic E-state index is 12.6. The number of ether oxygens (including phenoxy) is 1. The van der Waals surface area contributed by atoms with Gasteiger partial charge in [0.05, 0.1) is 12.8 Å². The Morgan fingerprint density at radius 3 is 2.62 bits per heavy atom. The minimum Gasteiger partial charge on any atom is -0.468 e. The Balaban J connectivity index is 1.73. The normalized spacial score (nSPS) is 16.4. The van der Waals surface area contributed by atoms with Crippen LogP contribution in [0.3, 0.4) is 0 Å². The van der Waals surface area contributed by atoms with Gasteiger partial charge in [-0.2, -0.15) is 5.10 Å². The Morgan fingerprint density at radius 2 is 1.97 bits per heavy atom. The first-order chi connectivity index (χ1) is 15.0. The lowest BCUT2D eigenvalue weighted by atomic mass is 9.95. The molecule has 0 bridgehead atoms. The standard InChI is InChI=1S/C23H33N5O4/c1-14-17(7-8-20(29)24-12-21(30)32-6)15(2)28-19(25-14)11-18(26-28)16-9-10-27(13-16)22(31)23(3,4)5/h11,16H,7-10,12-13H2,1-6H3,(H,24,29). The molecule has 0 radical (unpaired) electrons. The summed E-state index contributed by atoms with van der Waals surface area (Å²) in [5, 5.41) is 7.36. The number of aromatic nitrogens is 3. The molecule has 0 saturated carbocycles. The summed E-state index contributed by atoms with van der Waals surface area (Å²) in [7, 11) is 1.28. The molecule has 0 aromatic carbocycles. The van der Waals surface area contributed by atoms with Gasteiger partial charge in [-0.05, 0) is 32.3 Å². The number of esters is 1. The van der Waals surface area contributed by atoms with Crippen molar-refractivity contribution >= 4 is 23.4 Å². The van der Waals surface area contributed by atoms with E-state index in [1.165, 1.54) is 7.11 Å². The molecule has 9 nitrogen and oxygen atoms in total. The second-order valence-corrected chi connectivity index (χ2v) is 9.44. The minimum atomic E-state index is -0.479. The molecule has 2 aromatic heterocycles. The van der Waals surface area contributed by atoms with E-state index in [-0.39, 0.29) is 36.1 Å². The average Bonchev–Trinajstić information content (AvgIpc) is 3.37. The van der Waals surface area contributed by atoms with Crippen LogP contribution in [0.25, 0.3) is 5.65 Å². The average molecular weight is 444 g/mol. The van der Waals surface area contributed by atoms with Gasteiger partial charge in [0.15, 0.2) is 5.65 Å². The second kappa shape index (κ2) is 9.26. The van der Waals surface area contributed by atoms with Crippen molar-refractivity contribution in [2.24, 2.45) is 5.41 Å². The van der Waals surface area contributed by atoms with E-state index in [1.807, 2.05) is 50.1 Å². The van der Waals surface area contributed by atoms with Crippen molar-refractivity contribution in [2.45, 2.75) is 59.8 Å². The highest BCUT2D eigenvalue weighted by molar-refractivity contribution is 5.82. The second-order valence-electron chi connectivity index (χ2n) is 9.44. The molecule has 3 heterocycles. The van der Waals surface area contributed by atoms with Crippen molar-refractivity contribution in [3.05, 3.63) is 28.7 Å². The zero-order valence-corrected chi connectivity index (χ0v) is 19.8. The summed E-state index contributed by atoms with van der Waals surface area (Å²) in [6.07, 6.45) is 1.63. The van der Waals surface area contributed by atoms with Gasteiger partial charge in [-0.25, -0.2) is 9.50 Å². The highest BCUT2D eigenvalue weighted by Gasteiger charge is 2.34. The summed E-state index contributed by atoms with van der Waals surface area (Å²) >= 11 is 0. The van der Waals surface area contributed by atoms with Crippen LogP contribution in [0.1, 0.15) is 62.2 Å². The molecule has 2 aromatic rings. The zero-order valence-electron chi connectivity index (χ0n) is 19.8. The summed E-state index contributed by atoms with van der Waals surface area (Å²) in [4.78, 5) is 42.5. The van der Waals surface area contributed by atoms with Gasteiger partial charge < -0.3 is 15.0 Å². The molecule has 1 fully saturated rings. The number of methoxy groups -OCH3 is 1. The predicted octanol–water partition coefficient (Wildman–Crippen LogP) is 1.93. The summed E-state index contributed by atoms with van der Waals surface area (Å²) in [6.45, 7) is 11.0. The number of fused-ring (bicyclic) bond motifs is 1. The summed E-state index contributed by atoms with van der Waals surface area (Å²) in [5.41, 5.74) is 4.10. The van der Waals surface area contributed by atoms with E-state index >= 15 is 0 Å². The molecule has 1 N–H and O–H groups in total. The Morgan fingerprint density at radius 1 is 1.25 bits per heavy atom. The first kappa shape index (κ1) is 23.7. The maximum Gasteiger partial charge on any atom is 0.325 e. The monoisotopic (exact) mass is 443 g/mol. The molecular weight excluding hydrogens is 410 g/mol. The number of likely N-dealkylation sites (tertiary alicyclic amines) is 1. The van der Waals surface area contributed by atoms with E-state index in [1.54, 1.807) is 0 Å². The van der Waals surface area contributed by atoms with Gasteiger partial charge in [-0.3, -0.25) is 14.4 Å². The van der Waals surface area contributed by atoms with Gasteiger partial charge in [0.1, 0.15) is 6.54 Å². The number of aryl methyl sites for hydroxylation is 2. The largest absolute Gasteiger partial charge is 0.468 e. The smallest absolute Gasteiger partial charge is 0.325 e. The van der Waals surface area contributed by atoms with Crippen molar-refractivity contribution in [1.29, 1.82) is 0 Å². The fourth-order valence-corrected chi connectivity index (χ4v) is 4.14. The summed E-state index contributed by atoms with van der Waals surface area (Å²) in [6, 6.07) is 2.00. The van der Waals surface area contributed by atoms with Crippen LogP contribution in [-0.4, -0.2) is 64.0 Å². The van der Waals surface area contributed by atoms with Crippen LogP contribution in [0.5, 0.6) is 0 Å². The molecule has 9 heteroatoms. The lowest BCUT2D eigenvalue weighted by molar-refractivity contribution is -0.141. The number of carbonyl (C=O) groups is 3. The van der Waals surface area contributed by atoms with Gasteiger partial charge in [-0.1, -0.05) is 20.8 Å². The van der Waals surface area contributed by atoms with E-state index in [0.29, 0.717) is 13.0 Å². The Bertz CT molecular complexity index is 1040. The van der Waals surface area contributed by atoms with Crippen molar-refractivity contribution < 1.29 is 19.1 Å². The van der Waals surface area contributed by atoms with Gasteiger partial charge in [0, 0.05) is 48.3 Å². The first-order valence-corrected chi connectivity index (χ1v) is 11.0. The number of nitrogens with one attached hydrogen (secondary N) is 1. The predicted molar refractivity (Wildman–Crippen MR) is 119 cm³/mol. The van der Waals surface area contributed by atoms with E-state index < -0.39 is 5.97 Å². The third kappa shape index (κ3) is 5.08. The molecule has 1 saturated heterocycles. The molecule has 3 rings (SSSR count). The molecule has 32 heavy (non-hydrogen) atoms. The topological polar surface area (TPSA) is 106 Å². The Kier molecular flexibility index (Phi) is 6.85. The van der Waals surface area contributed by atoms with Crippen LogP contribution >= 0.6 is 0 Å². The van der Waals surface area contributed by atoms with E-state index in [4.69, 9.17) is 10.1 Å². The van der Waals surface area contributed by atoms with E-state index in [0.717, 1.165) is 41.3 Å². The number of hydrogen-bond acceptors (Lipinski definition) is 6. The molecule has 1 aliphatic heterocycles. The van der Waals surface area contributed by atoms with Crippen LogP contribution in [0.4, 0.5) is 0 Å². The maximum absolute atomic E-state index is 12.6. The Hall–Kier alpha value is -2.97. The number of rotatable bonds is 6. The van der Waals surface area contributed by atoms with E-state index in [2.05, 4.69) is 10.1 Å². The van der Waals surface area contributed by atoms with Crippen LogP contribution < -0.4 is 5.32 Å². The van der Waals surface area contributed by atoms with Crippen LogP contribution in [0.15, 0.2) is 6.07 Å². The van der Waals surface area contributed by atoms with Crippen molar-refractivity contribution in [1.82, 2.24) is 24.8 Å². The molecule has 0 aliphatic carbocycles. The van der Waals surface area contributed by atoms with E-state index in [9.17, 15) is 14.4 Å². The molecule has 1 aliphatic rings. The molecule has 0 spiro atoms. The molecular formula is C23H33N5O4. The van der Waals surface area contributed by atoms with Crippen LogP contribution in [-0.2, 0) is 25.5 Å². The number of carbonyl (C=O) groups excluding carboxylic acids is 3. The van der Waals surface area contributed by atoms with Gasteiger partial charge >= 0.3 is 5.97 Å². The fraction of sp³-hybridized carbons (Fsp3) is 0.609. The van der Waals surface area contributed by atoms with Gasteiger partial charge in [-0.15, -0.1) is 0 Å². The van der Waals surface area contributed by atoms with Crippen molar-refractivity contribution in [3.8, 4) is 0 Å². The highest BCUT2D eigenvalue weighted by Crippen LogP contribution is 2.30. The first-order valence-electron chi connectivity index (χ1n) is 11.0. The Labute approximate surface area is 188 Å². The summed E-state index contributed by atoms with van der Waals surface area (Å²) < 4.78 is 6.37. The van der Waals surface area contributed by atoms with Crippen LogP contribution in [0, 0.1) is 19.3 Å². The van der Waals surface area contributed by atoms with Crippen LogP contribution in [0.2, 0.25) is 0 Å². The quantitative estimate of drug-likeness (QED) is 0.684. The zero-order chi connectivity index (χ0) is 23.6. The molecule has 174 valence electrons. The molecule has 1 atom stereocenters. The summed E-state index contributed by atoms with van der Waals surface area (Å²) in [5.74, 6) is -0.338. The molecule has 1 unspecified atom stereocenters. The molecule has 2 amide bonds. The lowest BCUT2D eigenvalue weighted by Crippen LogP contribution is -2.37. The number of hydrogen-bond donors (Lipinski definition) is 1. The fourth-order valence-electron chi connectivity index (χ4n) is 4.14. The van der Waals surface area contributed by atoms with Gasteiger partial charge in [0.2, 0.25) is 11.8 Å². The highest BCUT2D eigenvalue weighted by atomic mass is 16.5. The minimum absolute atomic E-state index is 0.136. The van der Waals surface area contributed by atoms with Crippen molar-refractivity contribution in [3.63, 3.8) is 0 Å². The third-order valence-electron chi connectivity index (χ3n) is 5.98. The van der Waals surface area contributed by atoms with Gasteiger partial charge in [0.25, 0.3) is 0 Å². The number of nitrogens with zero attached hydrogens (tertiary/aromatic N) is 4. The number of amides is 2.